The summed E-state index contributed by atoms with van der Waals surface area (Å²) in [7, 11) is 0. The van der Waals surface area contributed by atoms with E-state index >= 15 is 0 Å². The van der Waals surface area contributed by atoms with Gasteiger partial charge in [0.25, 0.3) is 5.91 Å². The van der Waals surface area contributed by atoms with Gasteiger partial charge in [0.05, 0.1) is 0 Å². The Hall–Kier alpha value is -2.94. The molecule has 6 heteroatoms. The number of amides is 1. The highest BCUT2D eigenvalue weighted by Crippen LogP contribution is 2.22. The molecule has 2 heterocycles. The molecule has 1 saturated heterocycles. The van der Waals surface area contributed by atoms with Gasteiger partial charge in [0, 0.05) is 37.6 Å². The Kier molecular flexibility index (Phi) is 5.02. The number of nitriles is 1. The highest BCUT2D eigenvalue weighted by atomic mass is 16.1. The Balaban J connectivity index is 1.51. The number of carbonyl (C=O) groups is 1. The van der Waals surface area contributed by atoms with Crippen LogP contribution in [0.2, 0.25) is 0 Å². The summed E-state index contributed by atoms with van der Waals surface area (Å²) in [4.78, 5) is 22.5. The molecule has 24 heavy (non-hydrogen) atoms. The van der Waals surface area contributed by atoms with E-state index in [1.54, 1.807) is 6.20 Å². The van der Waals surface area contributed by atoms with Gasteiger partial charge in [-0.15, -0.1) is 0 Å². The zero-order chi connectivity index (χ0) is 16.8. The second-order valence-corrected chi connectivity index (χ2v) is 5.85. The molecule has 6 nitrogen and oxygen atoms in total. The van der Waals surface area contributed by atoms with Crippen LogP contribution in [0.5, 0.6) is 0 Å². The third kappa shape index (κ3) is 3.69. The van der Waals surface area contributed by atoms with E-state index < -0.39 is 0 Å². The predicted molar refractivity (Wildman–Crippen MR) is 90.5 cm³/mol. The zero-order valence-electron chi connectivity index (χ0n) is 13.4. The minimum atomic E-state index is -0.0290. The normalized spacial score (nSPS) is 14.9. The smallest absolute Gasteiger partial charge is 0.251 e. The van der Waals surface area contributed by atoms with Gasteiger partial charge in [-0.1, -0.05) is 18.2 Å². The van der Waals surface area contributed by atoms with E-state index in [4.69, 9.17) is 5.26 Å². The maximum absolute atomic E-state index is 12.1. The molecule has 1 amide bonds. The van der Waals surface area contributed by atoms with Gasteiger partial charge < -0.3 is 10.2 Å². The largest absolute Gasteiger partial charge is 0.354 e. The Morgan fingerprint density at radius 1 is 1.21 bits per heavy atom. The number of rotatable bonds is 4. The molecule has 1 N–H and O–H groups in total. The van der Waals surface area contributed by atoms with Crippen LogP contribution in [-0.2, 0) is 0 Å². The van der Waals surface area contributed by atoms with Gasteiger partial charge in [0.1, 0.15) is 6.07 Å². The Labute approximate surface area is 141 Å². The Bertz CT molecular complexity index is 733. The molecule has 1 aliphatic rings. The van der Waals surface area contributed by atoms with Gasteiger partial charge in [-0.3, -0.25) is 4.79 Å². The van der Waals surface area contributed by atoms with E-state index in [-0.39, 0.29) is 5.91 Å². The molecule has 0 bridgehead atoms. The maximum Gasteiger partial charge on any atom is 0.251 e. The monoisotopic (exact) mass is 321 g/mol. The van der Waals surface area contributed by atoms with Crippen LogP contribution in [0.3, 0.4) is 0 Å². The average molecular weight is 321 g/mol. The van der Waals surface area contributed by atoms with Crippen molar-refractivity contribution in [3.63, 3.8) is 0 Å². The molecule has 0 spiro atoms. The molecule has 2 aromatic rings. The van der Waals surface area contributed by atoms with Gasteiger partial charge >= 0.3 is 0 Å². The van der Waals surface area contributed by atoms with Crippen molar-refractivity contribution in [1.29, 1.82) is 5.26 Å². The van der Waals surface area contributed by atoms with Crippen molar-refractivity contribution < 1.29 is 4.79 Å². The molecule has 3 rings (SSSR count). The summed E-state index contributed by atoms with van der Waals surface area (Å²) in [6.07, 6.45) is 5.06. The number of aromatic nitrogens is 2. The minimum Gasteiger partial charge on any atom is -0.354 e. The summed E-state index contributed by atoms with van der Waals surface area (Å²) < 4.78 is 0. The SMILES string of the molecule is N#Cc1nccnc1N1CCC(CNC(=O)c2ccccc2)CC1. The first-order valence-corrected chi connectivity index (χ1v) is 8.07. The number of benzene rings is 1. The van der Waals surface area contributed by atoms with Crippen LogP contribution < -0.4 is 10.2 Å². The lowest BCUT2D eigenvalue weighted by molar-refractivity contribution is 0.0945. The number of piperidine rings is 1. The van der Waals surface area contributed by atoms with Crippen molar-refractivity contribution in [3.05, 3.63) is 54.0 Å². The average Bonchev–Trinajstić information content (AvgIpc) is 2.67. The minimum absolute atomic E-state index is 0.0290. The zero-order valence-corrected chi connectivity index (χ0v) is 13.4. The summed E-state index contributed by atoms with van der Waals surface area (Å²) >= 11 is 0. The number of nitrogens with zero attached hydrogens (tertiary/aromatic N) is 4. The molecule has 0 aliphatic carbocycles. The Morgan fingerprint density at radius 3 is 2.62 bits per heavy atom. The van der Waals surface area contributed by atoms with E-state index in [2.05, 4.69) is 26.3 Å². The first-order valence-electron chi connectivity index (χ1n) is 8.07. The van der Waals surface area contributed by atoms with Gasteiger partial charge in [-0.05, 0) is 30.9 Å². The summed E-state index contributed by atoms with van der Waals surface area (Å²) in [5.41, 5.74) is 1.06. The first kappa shape index (κ1) is 15.9. The molecule has 1 aliphatic heterocycles. The number of carbonyl (C=O) groups excluding carboxylic acids is 1. The maximum atomic E-state index is 12.1. The van der Waals surface area contributed by atoms with Crippen molar-refractivity contribution in [2.24, 2.45) is 5.92 Å². The molecule has 1 aromatic heterocycles. The van der Waals surface area contributed by atoms with Crippen LogP contribution in [-0.4, -0.2) is 35.5 Å². The fourth-order valence-corrected chi connectivity index (χ4v) is 2.92. The highest BCUT2D eigenvalue weighted by Gasteiger charge is 2.22. The quantitative estimate of drug-likeness (QED) is 0.931. The van der Waals surface area contributed by atoms with Crippen LogP contribution in [0.15, 0.2) is 42.7 Å². The first-order chi connectivity index (χ1) is 11.8. The molecule has 1 fully saturated rings. The lowest BCUT2D eigenvalue weighted by Crippen LogP contribution is -2.39. The van der Waals surface area contributed by atoms with E-state index in [1.165, 1.54) is 6.20 Å². The second-order valence-electron chi connectivity index (χ2n) is 5.85. The van der Waals surface area contributed by atoms with Crippen molar-refractivity contribution in [2.75, 3.05) is 24.5 Å². The van der Waals surface area contributed by atoms with Gasteiger partial charge in [0.15, 0.2) is 11.5 Å². The predicted octanol–water partition coefficient (Wildman–Crippen LogP) is 1.99. The summed E-state index contributed by atoms with van der Waals surface area (Å²) in [5.74, 6) is 1.07. The highest BCUT2D eigenvalue weighted by molar-refractivity contribution is 5.94. The lowest BCUT2D eigenvalue weighted by atomic mass is 9.96. The number of nitrogens with one attached hydrogen (secondary N) is 1. The number of hydrogen-bond acceptors (Lipinski definition) is 5. The fourth-order valence-electron chi connectivity index (χ4n) is 2.92. The molecule has 0 saturated carbocycles. The summed E-state index contributed by atoms with van der Waals surface area (Å²) in [6, 6.07) is 11.3. The molecular weight excluding hydrogens is 302 g/mol. The molecular formula is C18H19N5O. The third-order valence-corrected chi connectivity index (χ3v) is 4.29. The van der Waals surface area contributed by atoms with Crippen molar-refractivity contribution in [1.82, 2.24) is 15.3 Å². The molecule has 0 radical (unpaired) electrons. The number of anilines is 1. The van der Waals surface area contributed by atoms with E-state index in [0.717, 1.165) is 25.9 Å². The van der Waals surface area contributed by atoms with E-state index in [9.17, 15) is 4.79 Å². The summed E-state index contributed by atoms with van der Waals surface area (Å²) in [5, 5.41) is 12.1. The standard InChI is InChI=1S/C18H19N5O/c19-12-16-17(21-9-8-20-16)23-10-6-14(7-11-23)13-22-18(24)15-4-2-1-3-5-15/h1-5,8-9,14H,6-7,10-11,13H2,(H,22,24). The van der Waals surface area contributed by atoms with Gasteiger partial charge in [0.2, 0.25) is 0 Å². The Morgan fingerprint density at radius 2 is 1.92 bits per heavy atom. The molecule has 1 aromatic carbocycles. The fraction of sp³-hybridized carbons (Fsp3) is 0.333. The van der Waals surface area contributed by atoms with Crippen molar-refractivity contribution in [3.8, 4) is 6.07 Å². The van der Waals surface area contributed by atoms with E-state index in [1.807, 2.05) is 30.3 Å². The van der Waals surface area contributed by atoms with Crippen LogP contribution in [0, 0.1) is 17.2 Å². The topological polar surface area (TPSA) is 81.9 Å². The molecule has 0 atom stereocenters. The van der Waals surface area contributed by atoms with Crippen molar-refractivity contribution >= 4 is 11.7 Å². The third-order valence-electron chi connectivity index (χ3n) is 4.29. The van der Waals surface area contributed by atoms with Crippen LogP contribution >= 0.6 is 0 Å². The summed E-state index contributed by atoms with van der Waals surface area (Å²) in [6.45, 7) is 2.31. The van der Waals surface area contributed by atoms with E-state index in [0.29, 0.717) is 29.5 Å². The second kappa shape index (κ2) is 7.55. The molecule has 0 unspecified atom stereocenters. The van der Waals surface area contributed by atoms with Crippen molar-refractivity contribution in [2.45, 2.75) is 12.8 Å². The lowest BCUT2D eigenvalue weighted by Gasteiger charge is -2.32. The van der Waals surface area contributed by atoms with Gasteiger partial charge in [-0.25, -0.2) is 9.97 Å². The van der Waals surface area contributed by atoms with Crippen LogP contribution in [0.1, 0.15) is 28.9 Å². The van der Waals surface area contributed by atoms with Crippen LogP contribution in [0.4, 0.5) is 5.82 Å². The van der Waals surface area contributed by atoms with Crippen LogP contribution in [0.25, 0.3) is 0 Å². The van der Waals surface area contributed by atoms with Gasteiger partial charge in [-0.2, -0.15) is 5.26 Å². The molecule has 122 valence electrons. The number of hydrogen-bond donors (Lipinski definition) is 1.